The molecule has 0 radical (unpaired) electrons. The molecule has 2 aliphatic rings. The molecule has 0 bridgehead atoms. The van der Waals surface area contributed by atoms with Gasteiger partial charge in [-0.1, -0.05) is 25.0 Å². The number of halogens is 1. The zero-order valence-corrected chi connectivity index (χ0v) is 16.8. The van der Waals surface area contributed by atoms with Crippen LogP contribution in [-0.4, -0.2) is 49.0 Å². The molecule has 0 spiro atoms. The van der Waals surface area contributed by atoms with Gasteiger partial charge in [-0.3, -0.25) is 14.4 Å². The summed E-state index contributed by atoms with van der Waals surface area (Å²) in [5, 5.41) is 0. The van der Waals surface area contributed by atoms with E-state index in [0.29, 0.717) is 50.9 Å². The van der Waals surface area contributed by atoms with Gasteiger partial charge in [0.15, 0.2) is 6.61 Å². The van der Waals surface area contributed by atoms with Crippen molar-refractivity contribution in [2.45, 2.75) is 50.9 Å². The van der Waals surface area contributed by atoms with Crippen molar-refractivity contribution >= 4 is 17.8 Å². The normalized spacial score (nSPS) is 19.0. The zero-order valence-electron chi connectivity index (χ0n) is 16.8. The average molecular weight is 405 g/mol. The molecule has 0 aromatic heterocycles. The minimum Gasteiger partial charge on any atom is -0.466 e. The number of hydrogen-bond donors (Lipinski definition) is 0. The summed E-state index contributed by atoms with van der Waals surface area (Å²) < 4.78 is 24.1. The van der Waals surface area contributed by atoms with Crippen LogP contribution < -0.4 is 0 Å². The van der Waals surface area contributed by atoms with E-state index in [9.17, 15) is 18.8 Å². The Morgan fingerprint density at radius 3 is 2.45 bits per heavy atom. The molecule has 1 saturated heterocycles. The lowest BCUT2D eigenvalue weighted by molar-refractivity contribution is -0.158. The fourth-order valence-corrected chi connectivity index (χ4v) is 4.36. The molecular weight excluding hydrogens is 377 g/mol. The molecule has 1 aliphatic carbocycles. The molecule has 158 valence electrons. The second kappa shape index (κ2) is 9.37. The molecule has 7 heteroatoms. The first-order valence-corrected chi connectivity index (χ1v) is 10.3. The second-order valence-corrected chi connectivity index (χ2v) is 7.78. The highest BCUT2D eigenvalue weighted by Crippen LogP contribution is 2.42. The molecule has 1 aromatic carbocycles. The van der Waals surface area contributed by atoms with Crippen LogP contribution in [0.4, 0.5) is 4.39 Å². The van der Waals surface area contributed by atoms with Crippen molar-refractivity contribution in [3.8, 4) is 0 Å². The lowest BCUT2D eigenvalue weighted by Gasteiger charge is -2.31. The minimum atomic E-state index is -0.876. The summed E-state index contributed by atoms with van der Waals surface area (Å²) in [4.78, 5) is 38.8. The number of carbonyl (C=O) groups excluding carboxylic acids is 3. The standard InChI is InChI=1S/C22H28FNO5/c1-2-28-20(26)16-8-12-24(13-9-16)19(25)15-29-21(27)22(10-3-4-11-22)17-6-5-7-18(23)14-17/h5-7,14,16H,2-4,8-13,15H2,1H3. The van der Waals surface area contributed by atoms with Crippen LogP contribution in [0.2, 0.25) is 0 Å². The summed E-state index contributed by atoms with van der Waals surface area (Å²) in [6, 6.07) is 6.07. The van der Waals surface area contributed by atoms with Crippen molar-refractivity contribution in [2.75, 3.05) is 26.3 Å². The summed E-state index contributed by atoms with van der Waals surface area (Å²) >= 11 is 0. The Hall–Kier alpha value is -2.44. The first kappa shape index (κ1) is 21.3. The molecular formula is C22H28FNO5. The van der Waals surface area contributed by atoms with Gasteiger partial charge in [-0.2, -0.15) is 0 Å². The molecule has 1 heterocycles. The van der Waals surface area contributed by atoms with Crippen LogP contribution in [-0.2, 0) is 29.3 Å². The van der Waals surface area contributed by atoms with Gasteiger partial charge in [0.25, 0.3) is 5.91 Å². The van der Waals surface area contributed by atoms with Crippen LogP contribution in [0.25, 0.3) is 0 Å². The minimum absolute atomic E-state index is 0.184. The highest BCUT2D eigenvalue weighted by atomic mass is 19.1. The van der Waals surface area contributed by atoms with Gasteiger partial charge in [-0.15, -0.1) is 0 Å². The fraction of sp³-hybridized carbons (Fsp3) is 0.591. The molecule has 3 rings (SSSR count). The molecule has 6 nitrogen and oxygen atoms in total. The van der Waals surface area contributed by atoms with Gasteiger partial charge in [0.05, 0.1) is 17.9 Å². The van der Waals surface area contributed by atoms with E-state index in [-0.39, 0.29) is 30.2 Å². The number of hydrogen-bond acceptors (Lipinski definition) is 5. The molecule has 2 fully saturated rings. The Bertz CT molecular complexity index is 751. The van der Waals surface area contributed by atoms with Gasteiger partial charge in [0.2, 0.25) is 0 Å². The van der Waals surface area contributed by atoms with Gasteiger partial charge in [0, 0.05) is 13.1 Å². The maximum absolute atomic E-state index is 13.7. The van der Waals surface area contributed by atoms with E-state index >= 15 is 0 Å². The van der Waals surface area contributed by atoms with Crippen LogP contribution >= 0.6 is 0 Å². The Morgan fingerprint density at radius 2 is 1.83 bits per heavy atom. The number of likely N-dealkylation sites (tertiary alicyclic amines) is 1. The van der Waals surface area contributed by atoms with Gasteiger partial charge in [-0.05, 0) is 50.3 Å². The Morgan fingerprint density at radius 1 is 1.14 bits per heavy atom. The largest absolute Gasteiger partial charge is 0.466 e. The third-order valence-electron chi connectivity index (χ3n) is 6.02. The lowest BCUT2D eigenvalue weighted by Crippen LogP contribution is -2.43. The van der Waals surface area contributed by atoms with Gasteiger partial charge in [-0.25, -0.2) is 4.39 Å². The number of rotatable bonds is 6. The van der Waals surface area contributed by atoms with E-state index < -0.39 is 11.4 Å². The maximum atomic E-state index is 13.7. The van der Waals surface area contributed by atoms with Crippen LogP contribution in [0.5, 0.6) is 0 Å². The lowest BCUT2D eigenvalue weighted by atomic mass is 9.79. The molecule has 0 N–H and O–H groups in total. The molecule has 1 amide bonds. The monoisotopic (exact) mass is 405 g/mol. The smallest absolute Gasteiger partial charge is 0.317 e. The summed E-state index contributed by atoms with van der Waals surface area (Å²) in [7, 11) is 0. The predicted octanol–water partition coefficient (Wildman–Crippen LogP) is 2.98. The number of benzene rings is 1. The number of piperidine rings is 1. The van der Waals surface area contributed by atoms with Crippen molar-refractivity contribution in [2.24, 2.45) is 5.92 Å². The van der Waals surface area contributed by atoms with E-state index in [1.165, 1.54) is 12.1 Å². The summed E-state index contributed by atoms with van der Waals surface area (Å²) in [6.45, 7) is 2.66. The molecule has 0 atom stereocenters. The molecule has 1 aromatic rings. The van der Waals surface area contributed by atoms with E-state index in [1.807, 2.05) is 0 Å². The predicted molar refractivity (Wildman–Crippen MR) is 103 cm³/mol. The molecule has 29 heavy (non-hydrogen) atoms. The Kier molecular flexibility index (Phi) is 6.87. The molecule has 1 aliphatic heterocycles. The van der Waals surface area contributed by atoms with E-state index in [2.05, 4.69) is 0 Å². The SMILES string of the molecule is CCOC(=O)C1CCN(C(=O)COC(=O)C2(c3cccc(F)c3)CCCC2)CC1. The summed E-state index contributed by atoms with van der Waals surface area (Å²) in [6.07, 6.45) is 4.00. The topological polar surface area (TPSA) is 72.9 Å². The highest BCUT2D eigenvalue weighted by Gasteiger charge is 2.44. The van der Waals surface area contributed by atoms with E-state index in [1.54, 1.807) is 24.0 Å². The van der Waals surface area contributed by atoms with Crippen LogP contribution in [0.1, 0.15) is 51.0 Å². The quantitative estimate of drug-likeness (QED) is 0.681. The van der Waals surface area contributed by atoms with Crippen LogP contribution in [0, 0.1) is 11.7 Å². The van der Waals surface area contributed by atoms with E-state index in [0.717, 1.165) is 12.8 Å². The number of nitrogens with zero attached hydrogens (tertiary/aromatic N) is 1. The first-order valence-electron chi connectivity index (χ1n) is 10.3. The first-order chi connectivity index (χ1) is 14.0. The van der Waals surface area contributed by atoms with E-state index in [4.69, 9.17) is 9.47 Å². The third-order valence-corrected chi connectivity index (χ3v) is 6.02. The Balaban J connectivity index is 1.56. The van der Waals surface area contributed by atoms with Gasteiger partial charge in [0.1, 0.15) is 5.82 Å². The summed E-state index contributed by atoms with van der Waals surface area (Å²) in [5.41, 5.74) is -0.262. The van der Waals surface area contributed by atoms with Crippen LogP contribution in [0.3, 0.4) is 0 Å². The molecule has 1 saturated carbocycles. The van der Waals surface area contributed by atoms with Crippen LogP contribution in [0.15, 0.2) is 24.3 Å². The fourth-order valence-electron chi connectivity index (χ4n) is 4.36. The van der Waals surface area contributed by atoms with Gasteiger partial charge >= 0.3 is 11.9 Å². The average Bonchev–Trinajstić information content (AvgIpc) is 3.23. The zero-order chi connectivity index (χ0) is 20.9. The van der Waals surface area contributed by atoms with Crippen molar-refractivity contribution in [3.05, 3.63) is 35.6 Å². The van der Waals surface area contributed by atoms with Gasteiger partial charge < -0.3 is 14.4 Å². The Labute approximate surface area is 170 Å². The number of esters is 2. The third kappa shape index (κ3) is 4.77. The van der Waals surface area contributed by atoms with Crippen molar-refractivity contribution in [1.29, 1.82) is 0 Å². The number of ether oxygens (including phenoxy) is 2. The highest BCUT2D eigenvalue weighted by molar-refractivity contribution is 5.87. The van der Waals surface area contributed by atoms with Crippen molar-refractivity contribution < 1.29 is 28.2 Å². The molecule has 0 unspecified atom stereocenters. The number of amides is 1. The number of carbonyl (C=O) groups is 3. The van der Waals surface area contributed by atoms with Crippen molar-refractivity contribution in [3.63, 3.8) is 0 Å². The van der Waals surface area contributed by atoms with Crippen molar-refractivity contribution in [1.82, 2.24) is 4.90 Å². The maximum Gasteiger partial charge on any atom is 0.317 e. The second-order valence-electron chi connectivity index (χ2n) is 7.78. The summed E-state index contributed by atoms with van der Waals surface area (Å²) in [5.74, 6) is -1.52.